The zero-order chi connectivity index (χ0) is 17.4. The smallest absolute Gasteiger partial charge is 0.310 e. The number of carbonyl (C=O) groups is 2. The Kier molecular flexibility index (Phi) is 7.53. The maximum Gasteiger partial charge on any atom is 0.310 e. The van der Waals surface area contributed by atoms with Gasteiger partial charge in [0.2, 0.25) is 5.91 Å². The number of hydrogen-bond donors (Lipinski definition) is 1. The Bertz CT molecular complexity index is 565. The zero-order valence-corrected chi connectivity index (χ0v) is 14.8. The number of amides is 1. The molecule has 0 radical (unpaired) electrons. The van der Waals surface area contributed by atoms with Crippen molar-refractivity contribution in [2.75, 3.05) is 26.2 Å². The highest BCUT2D eigenvalue weighted by Crippen LogP contribution is 2.18. The number of piperidine rings is 1. The molecular formula is C18H25ClN2O3. The largest absolute Gasteiger partial charge is 0.466 e. The van der Waals surface area contributed by atoms with Crippen LogP contribution in [0.2, 0.25) is 5.02 Å². The van der Waals surface area contributed by atoms with Crippen LogP contribution in [0.4, 0.5) is 0 Å². The molecule has 1 unspecified atom stereocenters. The molecule has 6 heteroatoms. The number of halogens is 1. The summed E-state index contributed by atoms with van der Waals surface area (Å²) in [6.45, 7) is 4.93. The number of esters is 1. The van der Waals surface area contributed by atoms with Crippen molar-refractivity contribution in [3.63, 3.8) is 0 Å². The minimum atomic E-state index is -0.120. The summed E-state index contributed by atoms with van der Waals surface area (Å²) in [4.78, 5) is 26.0. The number of likely N-dealkylation sites (tertiary alicyclic amines) is 1. The lowest BCUT2D eigenvalue weighted by Gasteiger charge is -2.31. The first kappa shape index (κ1) is 18.7. The maximum atomic E-state index is 12.0. The third-order valence-electron chi connectivity index (χ3n) is 4.21. The molecule has 1 aliphatic rings. The molecule has 1 aliphatic heterocycles. The van der Waals surface area contributed by atoms with E-state index in [4.69, 9.17) is 16.3 Å². The van der Waals surface area contributed by atoms with Gasteiger partial charge in [0.1, 0.15) is 0 Å². The lowest BCUT2D eigenvalue weighted by atomic mass is 9.98. The van der Waals surface area contributed by atoms with Crippen molar-refractivity contribution >= 4 is 23.5 Å². The van der Waals surface area contributed by atoms with Crippen LogP contribution in [-0.4, -0.2) is 43.0 Å². The van der Waals surface area contributed by atoms with E-state index >= 15 is 0 Å². The molecule has 1 aromatic carbocycles. The van der Waals surface area contributed by atoms with Crippen molar-refractivity contribution in [2.45, 2.75) is 32.7 Å². The van der Waals surface area contributed by atoms with E-state index in [-0.39, 0.29) is 17.8 Å². The Morgan fingerprint density at radius 3 is 2.92 bits per heavy atom. The van der Waals surface area contributed by atoms with E-state index in [1.165, 1.54) is 0 Å². The van der Waals surface area contributed by atoms with Crippen molar-refractivity contribution in [3.05, 3.63) is 34.9 Å². The molecule has 24 heavy (non-hydrogen) atoms. The molecule has 1 aromatic rings. The molecule has 1 heterocycles. The molecule has 5 nitrogen and oxygen atoms in total. The van der Waals surface area contributed by atoms with Crippen LogP contribution in [0.1, 0.15) is 31.7 Å². The fourth-order valence-corrected chi connectivity index (χ4v) is 3.10. The molecule has 0 aromatic heterocycles. The average Bonchev–Trinajstić information content (AvgIpc) is 2.60. The lowest BCUT2D eigenvalue weighted by molar-refractivity contribution is -0.149. The Labute approximate surface area is 148 Å². The van der Waals surface area contributed by atoms with Crippen LogP contribution in [-0.2, 0) is 20.9 Å². The number of benzene rings is 1. The van der Waals surface area contributed by atoms with Crippen molar-refractivity contribution in [3.8, 4) is 0 Å². The molecule has 1 saturated heterocycles. The highest BCUT2D eigenvalue weighted by atomic mass is 35.5. The van der Waals surface area contributed by atoms with Crippen LogP contribution in [0.15, 0.2) is 24.3 Å². The van der Waals surface area contributed by atoms with Crippen LogP contribution in [0.5, 0.6) is 0 Å². The van der Waals surface area contributed by atoms with Gasteiger partial charge in [-0.05, 0) is 37.9 Å². The monoisotopic (exact) mass is 352 g/mol. The van der Waals surface area contributed by atoms with Gasteiger partial charge < -0.3 is 15.0 Å². The number of ether oxygens (including phenoxy) is 1. The number of carbonyl (C=O) groups excluding carboxylic acids is 2. The van der Waals surface area contributed by atoms with Crippen LogP contribution in [0.3, 0.4) is 0 Å². The zero-order valence-electron chi connectivity index (χ0n) is 14.1. The molecule has 0 spiro atoms. The van der Waals surface area contributed by atoms with Gasteiger partial charge in [0.05, 0.1) is 12.5 Å². The van der Waals surface area contributed by atoms with Gasteiger partial charge in [-0.15, -0.1) is 0 Å². The first-order chi connectivity index (χ1) is 11.6. The summed E-state index contributed by atoms with van der Waals surface area (Å²) in [5.74, 6) is -0.191. The summed E-state index contributed by atoms with van der Waals surface area (Å²) in [5, 5.41) is 3.55. The van der Waals surface area contributed by atoms with Crippen molar-refractivity contribution in [1.82, 2.24) is 10.2 Å². The van der Waals surface area contributed by atoms with Gasteiger partial charge in [0, 0.05) is 31.1 Å². The van der Waals surface area contributed by atoms with Crippen LogP contribution in [0.25, 0.3) is 0 Å². The van der Waals surface area contributed by atoms with Crippen molar-refractivity contribution in [2.24, 2.45) is 5.92 Å². The number of hydrogen-bond acceptors (Lipinski definition) is 4. The Balaban J connectivity index is 1.71. The predicted molar refractivity (Wildman–Crippen MR) is 93.7 cm³/mol. The van der Waals surface area contributed by atoms with Gasteiger partial charge in [0.25, 0.3) is 0 Å². The highest BCUT2D eigenvalue weighted by Gasteiger charge is 2.26. The first-order valence-electron chi connectivity index (χ1n) is 8.49. The van der Waals surface area contributed by atoms with Gasteiger partial charge in [-0.1, -0.05) is 29.8 Å². The van der Waals surface area contributed by atoms with Gasteiger partial charge >= 0.3 is 5.97 Å². The molecule has 0 bridgehead atoms. The average molecular weight is 353 g/mol. The normalized spacial score (nSPS) is 18.2. The second-order valence-electron chi connectivity index (χ2n) is 6.01. The van der Waals surface area contributed by atoms with Crippen LogP contribution < -0.4 is 5.32 Å². The van der Waals surface area contributed by atoms with Crippen molar-refractivity contribution in [1.29, 1.82) is 0 Å². The minimum Gasteiger partial charge on any atom is -0.466 e. The van der Waals surface area contributed by atoms with Gasteiger partial charge in [-0.25, -0.2) is 0 Å². The molecule has 1 amide bonds. The summed E-state index contributed by atoms with van der Waals surface area (Å²) >= 11 is 6.07. The standard InChI is InChI=1S/C18H25ClN2O3/c1-2-24-18(23)15-7-5-10-21(13-15)11-9-17(22)20-12-14-6-3-4-8-16(14)19/h3-4,6,8,15H,2,5,7,9-13H2,1H3,(H,20,22). The van der Waals surface area contributed by atoms with E-state index in [1.54, 1.807) is 0 Å². The van der Waals surface area contributed by atoms with E-state index in [9.17, 15) is 9.59 Å². The summed E-state index contributed by atoms with van der Waals surface area (Å²) < 4.78 is 5.10. The van der Waals surface area contributed by atoms with E-state index < -0.39 is 0 Å². The second-order valence-corrected chi connectivity index (χ2v) is 6.42. The molecule has 2 rings (SSSR count). The van der Waals surface area contributed by atoms with Gasteiger partial charge in [-0.2, -0.15) is 0 Å². The molecular weight excluding hydrogens is 328 g/mol. The van der Waals surface area contributed by atoms with Crippen LogP contribution in [0, 0.1) is 5.92 Å². The van der Waals surface area contributed by atoms with E-state index in [0.717, 1.165) is 24.9 Å². The molecule has 1 atom stereocenters. The minimum absolute atomic E-state index is 0.00632. The third kappa shape index (κ3) is 5.80. The summed E-state index contributed by atoms with van der Waals surface area (Å²) in [6, 6.07) is 7.48. The highest BCUT2D eigenvalue weighted by molar-refractivity contribution is 6.31. The Hall–Kier alpha value is -1.59. The quantitative estimate of drug-likeness (QED) is 0.766. The second kappa shape index (κ2) is 9.64. The number of nitrogens with one attached hydrogen (secondary N) is 1. The van der Waals surface area contributed by atoms with E-state index in [1.807, 2.05) is 31.2 Å². The Morgan fingerprint density at radius 2 is 2.17 bits per heavy atom. The molecule has 0 saturated carbocycles. The lowest BCUT2D eigenvalue weighted by Crippen LogP contribution is -2.41. The Morgan fingerprint density at radius 1 is 1.38 bits per heavy atom. The first-order valence-corrected chi connectivity index (χ1v) is 8.87. The molecule has 1 fully saturated rings. The number of nitrogens with zero attached hydrogens (tertiary/aromatic N) is 1. The number of rotatable bonds is 7. The van der Waals surface area contributed by atoms with Crippen molar-refractivity contribution < 1.29 is 14.3 Å². The molecule has 0 aliphatic carbocycles. The van der Waals surface area contributed by atoms with E-state index in [0.29, 0.717) is 37.7 Å². The summed E-state index contributed by atoms with van der Waals surface area (Å²) in [5.41, 5.74) is 0.910. The fraction of sp³-hybridized carbons (Fsp3) is 0.556. The third-order valence-corrected chi connectivity index (χ3v) is 4.58. The molecule has 132 valence electrons. The fourth-order valence-electron chi connectivity index (χ4n) is 2.89. The summed E-state index contributed by atoms with van der Waals surface area (Å²) in [7, 11) is 0. The van der Waals surface area contributed by atoms with Gasteiger partial charge in [0.15, 0.2) is 0 Å². The summed E-state index contributed by atoms with van der Waals surface area (Å²) in [6.07, 6.45) is 2.25. The maximum absolute atomic E-state index is 12.0. The van der Waals surface area contributed by atoms with E-state index in [2.05, 4.69) is 10.2 Å². The van der Waals surface area contributed by atoms with Gasteiger partial charge in [-0.3, -0.25) is 9.59 Å². The van der Waals surface area contributed by atoms with Crippen LogP contribution >= 0.6 is 11.6 Å². The molecule has 1 N–H and O–H groups in total. The topological polar surface area (TPSA) is 58.6 Å². The predicted octanol–water partition coefficient (Wildman–Crippen LogP) is 2.62. The SMILES string of the molecule is CCOC(=O)C1CCCN(CCC(=O)NCc2ccccc2Cl)C1.